The third-order valence-corrected chi connectivity index (χ3v) is 7.29. The smallest absolute Gasteiger partial charge is 0.103 e. The van der Waals surface area contributed by atoms with E-state index in [0.717, 1.165) is 25.8 Å². The fourth-order valence-corrected chi connectivity index (χ4v) is 5.52. The SMILES string of the molecule is CC1CC(C2NCCCC2C2CCCC(C)C(Cl)N2)CCC1F. The van der Waals surface area contributed by atoms with Gasteiger partial charge in [-0.25, -0.2) is 4.39 Å². The van der Waals surface area contributed by atoms with E-state index in [4.69, 9.17) is 11.6 Å². The van der Waals surface area contributed by atoms with Crippen LogP contribution < -0.4 is 10.6 Å². The van der Waals surface area contributed by atoms with Crippen molar-refractivity contribution in [3.8, 4) is 0 Å². The first kappa shape index (κ1) is 17.9. The molecule has 0 aromatic heterocycles. The molecule has 2 heterocycles. The topological polar surface area (TPSA) is 24.1 Å². The van der Waals surface area contributed by atoms with Gasteiger partial charge in [0.2, 0.25) is 0 Å². The van der Waals surface area contributed by atoms with E-state index in [2.05, 4.69) is 24.5 Å². The van der Waals surface area contributed by atoms with Gasteiger partial charge in [-0.05, 0) is 75.2 Å². The summed E-state index contributed by atoms with van der Waals surface area (Å²) in [6.45, 7) is 5.47. The van der Waals surface area contributed by atoms with Gasteiger partial charge in [0.15, 0.2) is 0 Å². The molecule has 0 amide bonds. The van der Waals surface area contributed by atoms with Gasteiger partial charge in [-0.3, -0.25) is 5.32 Å². The van der Waals surface area contributed by atoms with Crippen molar-refractivity contribution in [3.05, 3.63) is 0 Å². The molecule has 0 aromatic carbocycles. The van der Waals surface area contributed by atoms with E-state index in [1.807, 2.05) is 0 Å². The molecular formula is C19H34ClFN2. The summed E-state index contributed by atoms with van der Waals surface area (Å²) < 4.78 is 13.9. The third kappa shape index (κ3) is 4.22. The molecule has 1 saturated carbocycles. The van der Waals surface area contributed by atoms with Crippen LogP contribution in [0, 0.1) is 23.7 Å². The fraction of sp³-hybridized carbons (Fsp3) is 1.00. The minimum atomic E-state index is -0.586. The number of halogens is 2. The molecule has 2 saturated heterocycles. The number of nitrogens with one attached hydrogen (secondary N) is 2. The van der Waals surface area contributed by atoms with E-state index in [-0.39, 0.29) is 11.4 Å². The van der Waals surface area contributed by atoms with E-state index in [9.17, 15) is 4.39 Å². The van der Waals surface area contributed by atoms with Crippen molar-refractivity contribution >= 4 is 11.6 Å². The number of hydrogen-bond acceptors (Lipinski definition) is 2. The quantitative estimate of drug-likeness (QED) is 0.570. The second kappa shape index (κ2) is 8.01. The number of hydrogen-bond donors (Lipinski definition) is 2. The lowest BCUT2D eigenvalue weighted by Gasteiger charge is -2.45. The van der Waals surface area contributed by atoms with E-state index >= 15 is 0 Å². The lowest BCUT2D eigenvalue weighted by atomic mass is 9.70. The van der Waals surface area contributed by atoms with Gasteiger partial charge in [0.05, 0.1) is 5.50 Å². The van der Waals surface area contributed by atoms with Gasteiger partial charge < -0.3 is 5.32 Å². The Hall–Kier alpha value is 0.140. The number of piperidine rings is 1. The molecule has 3 aliphatic rings. The van der Waals surface area contributed by atoms with Gasteiger partial charge in [0, 0.05) is 12.1 Å². The molecule has 134 valence electrons. The van der Waals surface area contributed by atoms with Crippen LogP contribution in [0.1, 0.15) is 65.2 Å². The molecule has 8 unspecified atom stereocenters. The van der Waals surface area contributed by atoms with Crippen molar-refractivity contribution in [1.82, 2.24) is 10.6 Å². The van der Waals surface area contributed by atoms with Gasteiger partial charge in [-0.2, -0.15) is 0 Å². The summed E-state index contributed by atoms with van der Waals surface area (Å²) in [5.41, 5.74) is 0.102. The van der Waals surface area contributed by atoms with Crippen molar-refractivity contribution in [1.29, 1.82) is 0 Å². The van der Waals surface area contributed by atoms with E-state index in [1.165, 1.54) is 32.1 Å². The van der Waals surface area contributed by atoms with Crippen LogP contribution in [0.4, 0.5) is 4.39 Å². The van der Waals surface area contributed by atoms with Crippen LogP contribution in [0.5, 0.6) is 0 Å². The van der Waals surface area contributed by atoms with Crippen LogP contribution in [-0.2, 0) is 0 Å². The summed E-state index contributed by atoms with van der Waals surface area (Å²) in [5, 5.41) is 7.55. The molecule has 2 nitrogen and oxygen atoms in total. The summed E-state index contributed by atoms with van der Waals surface area (Å²) in [5.74, 6) is 2.07. The average molecular weight is 345 g/mol. The minimum Gasteiger partial charge on any atom is -0.313 e. The Balaban J connectivity index is 1.68. The molecule has 23 heavy (non-hydrogen) atoms. The van der Waals surface area contributed by atoms with E-state index < -0.39 is 6.17 Å². The highest BCUT2D eigenvalue weighted by Gasteiger charge is 2.40. The third-order valence-electron chi connectivity index (χ3n) is 6.73. The Labute approximate surface area is 146 Å². The van der Waals surface area contributed by atoms with Gasteiger partial charge in [-0.1, -0.05) is 20.3 Å². The lowest BCUT2D eigenvalue weighted by molar-refractivity contribution is 0.0788. The molecule has 0 aromatic rings. The Kier molecular flexibility index (Phi) is 6.25. The summed E-state index contributed by atoms with van der Waals surface area (Å²) in [6.07, 6.45) is 8.56. The molecule has 8 atom stereocenters. The fourth-order valence-electron chi connectivity index (χ4n) is 5.23. The molecule has 2 N–H and O–H groups in total. The highest BCUT2D eigenvalue weighted by molar-refractivity contribution is 6.20. The standard InChI is InChI=1S/C19H34ClFN2/c1-12-5-3-7-17(23-19(12)20)15-6-4-10-22-18(15)14-8-9-16(21)13(2)11-14/h12-19,22-23H,3-11H2,1-2H3. The van der Waals surface area contributed by atoms with Crippen LogP contribution in [0.2, 0.25) is 0 Å². The summed E-state index contributed by atoms with van der Waals surface area (Å²) in [7, 11) is 0. The van der Waals surface area contributed by atoms with Gasteiger partial charge in [0.1, 0.15) is 6.17 Å². The molecule has 2 aliphatic heterocycles. The van der Waals surface area contributed by atoms with Crippen molar-refractivity contribution in [2.75, 3.05) is 6.54 Å². The highest BCUT2D eigenvalue weighted by atomic mass is 35.5. The Bertz CT molecular complexity index is 380. The van der Waals surface area contributed by atoms with E-state index in [1.54, 1.807) is 0 Å². The first-order valence-corrected chi connectivity index (χ1v) is 10.3. The number of alkyl halides is 2. The normalized spacial score (nSPS) is 49.6. The highest BCUT2D eigenvalue weighted by Crippen LogP contribution is 2.39. The molecule has 3 rings (SSSR count). The van der Waals surface area contributed by atoms with Crippen molar-refractivity contribution in [3.63, 3.8) is 0 Å². The Morgan fingerprint density at radius 2 is 1.78 bits per heavy atom. The maximum absolute atomic E-state index is 13.9. The van der Waals surface area contributed by atoms with Gasteiger partial charge >= 0.3 is 0 Å². The van der Waals surface area contributed by atoms with Crippen LogP contribution in [0.15, 0.2) is 0 Å². The second-order valence-corrected chi connectivity index (χ2v) is 8.91. The monoisotopic (exact) mass is 344 g/mol. The summed E-state index contributed by atoms with van der Waals surface area (Å²) in [6, 6.07) is 1.08. The first-order valence-electron chi connectivity index (χ1n) is 9.84. The molecule has 0 radical (unpaired) electrons. The van der Waals surface area contributed by atoms with Gasteiger partial charge in [0.25, 0.3) is 0 Å². The largest absolute Gasteiger partial charge is 0.313 e. The predicted molar refractivity (Wildman–Crippen MR) is 95.5 cm³/mol. The predicted octanol–water partition coefficient (Wildman–Crippen LogP) is 4.47. The zero-order valence-electron chi connectivity index (χ0n) is 14.7. The lowest BCUT2D eigenvalue weighted by Crippen LogP contribution is -2.55. The molecule has 3 fully saturated rings. The minimum absolute atomic E-state index is 0.102. The number of rotatable bonds is 2. The molecular weight excluding hydrogens is 311 g/mol. The molecule has 0 bridgehead atoms. The summed E-state index contributed by atoms with van der Waals surface area (Å²) >= 11 is 6.58. The zero-order valence-corrected chi connectivity index (χ0v) is 15.5. The molecule has 4 heteroatoms. The maximum Gasteiger partial charge on any atom is 0.103 e. The van der Waals surface area contributed by atoms with Crippen molar-refractivity contribution < 1.29 is 4.39 Å². The van der Waals surface area contributed by atoms with Crippen molar-refractivity contribution in [2.24, 2.45) is 23.7 Å². The zero-order chi connectivity index (χ0) is 16.4. The van der Waals surface area contributed by atoms with E-state index in [0.29, 0.717) is 29.8 Å². The second-order valence-electron chi connectivity index (χ2n) is 8.44. The van der Waals surface area contributed by atoms with Gasteiger partial charge in [-0.15, -0.1) is 11.6 Å². The van der Waals surface area contributed by atoms with Crippen LogP contribution in [-0.4, -0.2) is 30.3 Å². The Morgan fingerprint density at radius 1 is 0.957 bits per heavy atom. The molecule has 1 aliphatic carbocycles. The van der Waals surface area contributed by atoms with Crippen LogP contribution >= 0.6 is 11.6 Å². The van der Waals surface area contributed by atoms with Crippen molar-refractivity contribution in [2.45, 2.75) is 89.0 Å². The van der Waals surface area contributed by atoms with Crippen LogP contribution in [0.25, 0.3) is 0 Å². The average Bonchev–Trinajstić information content (AvgIpc) is 2.72. The summed E-state index contributed by atoms with van der Waals surface area (Å²) in [4.78, 5) is 0. The van der Waals surface area contributed by atoms with Crippen LogP contribution in [0.3, 0.4) is 0 Å². The Morgan fingerprint density at radius 3 is 2.57 bits per heavy atom. The molecule has 0 spiro atoms. The first-order chi connectivity index (χ1) is 11.1. The maximum atomic E-state index is 13.9.